The van der Waals surface area contributed by atoms with Crippen LogP contribution in [0.15, 0.2) is 0 Å². The fourth-order valence-electron chi connectivity index (χ4n) is 0. The minimum atomic E-state index is -4.67. The van der Waals surface area contributed by atoms with Crippen LogP contribution >= 0.6 is 0 Å². The minimum Gasteiger partial charge on any atom is -1.00 e. The SMILES string of the molecule is O=S(=O)(O)O.[Ba+2].[H-].[H-].[V]. The molecule has 0 aliphatic heterocycles. The Morgan fingerprint density at radius 1 is 1.29 bits per heavy atom. The molecular weight excluding hydrogens is 284 g/mol. The van der Waals surface area contributed by atoms with E-state index in [1.807, 2.05) is 0 Å². The van der Waals surface area contributed by atoms with Gasteiger partial charge in [-0.25, -0.2) is 0 Å². The van der Waals surface area contributed by atoms with Crippen molar-refractivity contribution in [3.8, 4) is 0 Å². The molecule has 2 N–H and O–H groups in total. The average Bonchev–Trinajstić information content (AvgIpc) is 0.722. The molecule has 0 aromatic heterocycles. The van der Waals surface area contributed by atoms with Gasteiger partial charge in [0, 0.05) is 18.6 Å². The quantitative estimate of drug-likeness (QED) is 0.451. The van der Waals surface area contributed by atoms with Gasteiger partial charge in [0.1, 0.15) is 0 Å². The van der Waals surface area contributed by atoms with Crippen LogP contribution in [0.25, 0.3) is 0 Å². The Kier molecular flexibility index (Phi) is 14.1. The molecule has 0 aromatic carbocycles. The molecule has 7 heteroatoms. The summed E-state index contributed by atoms with van der Waals surface area (Å²) in [5.74, 6) is 0. The Balaban J connectivity index is -0.0000000133. The maximum atomic E-state index is 8.74. The standard InChI is InChI=1S/Ba.H2O4S.V.2H/c;1-5(2,3)4;;;/h;(H2,1,2,3,4);;;/q+2;;;2*-1. The van der Waals surface area contributed by atoms with Gasteiger partial charge in [-0.2, -0.15) is 8.42 Å². The maximum Gasteiger partial charge on any atom is 2.00 e. The second kappa shape index (κ2) is 6.15. The normalized spacial score (nSPS) is 8.29. The van der Waals surface area contributed by atoms with Crippen LogP contribution in [0.3, 0.4) is 0 Å². The molecule has 0 atom stereocenters. The molecule has 0 aliphatic carbocycles. The van der Waals surface area contributed by atoms with E-state index in [0.29, 0.717) is 0 Å². The van der Waals surface area contributed by atoms with E-state index >= 15 is 0 Å². The summed E-state index contributed by atoms with van der Waals surface area (Å²) in [6, 6.07) is 0. The first-order chi connectivity index (χ1) is 2.00. The Bertz CT molecular complexity index is 102. The fraction of sp³-hybridized carbons (Fsp3) is 0. The van der Waals surface area contributed by atoms with E-state index in [2.05, 4.69) is 0 Å². The van der Waals surface area contributed by atoms with Gasteiger partial charge in [0.15, 0.2) is 0 Å². The maximum absolute atomic E-state index is 8.74. The van der Waals surface area contributed by atoms with Crippen LogP contribution in [-0.4, -0.2) is 66.4 Å². The van der Waals surface area contributed by atoms with Crippen molar-refractivity contribution in [1.82, 2.24) is 0 Å². The summed E-state index contributed by atoms with van der Waals surface area (Å²) in [7, 11) is -4.67. The second-order valence-corrected chi connectivity index (χ2v) is 1.34. The van der Waals surface area contributed by atoms with Gasteiger partial charge in [-0.1, -0.05) is 0 Å². The molecule has 0 spiro atoms. The van der Waals surface area contributed by atoms with Gasteiger partial charge >= 0.3 is 59.3 Å². The third-order valence-electron chi connectivity index (χ3n) is 0. The van der Waals surface area contributed by atoms with Crippen LogP contribution in [-0.2, 0) is 29.0 Å². The molecule has 0 saturated carbocycles. The number of hydrogen-bond donors (Lipinski definition) is 2. The van der Waals surface area contributed by atoms with Gasteiger partial charge in [-0.15, -0.1) is 0 Å². The van der Waals surface area contributed by atoms with Crippen molar-refractivity contribution in [3.05, 3.63) is 0 Å². The van der Waals surface area contributed by atoms with Crippen LogP contribution in [0.1, 0.15) is 2.85 Å². The van der Waals surface area contributed by atoms with Crippen molar-refractivity contribution < 1.29 is 38.9 Å². The van der Waals surface area contributed by atoms with Crippen molar-refractivity contribution in [2.75, 3.05) is 0 Å². The van der Waals surface area contributed by atoms with E-state index in [9.17, 15) is 0 Å². The summed E-state index contributed by atoms with van der Waals surface area (Å²) in [6.45, 7) is 0. The van der Waals surface area contributed by atoms with E-state index in [1.165, 1.54) is 0 Å². The molecule has 41 valence electrons. The zero-order valence-electron chi connectivity index (χ0n) is 5.27. The summed E-state index contributed by atoms with van der Waals surface area (Å²) in [5.41, 5.74) is 0. The van der Waals surface area contributed by atoms with Crippen molar-refractivity contribution >= 4 is 59.3 Å². The molecule has 1 radical (unpaired) electrons. The predicted molar refractivity (Wildman–Crippen MR) is 22.2 cm³/mol. The Morgan fingerprint density at radius 3 is 1.29 bits per heavy atom. The van der Waals surface area contributed by atoms with Crippen LogP contribution in [0.5, 0.6) is 0 Å². The monoisotopic (exact) mass is 289 g/mol. The topological polar surface area (TPSA) is 74.6 Å². The molecule has 4 nitrogen and oxygen atoms in total. The van der Waals surface area contributed by atoms with Crippen molar-refractivity contribution in [2.24, 2.45) is 0 Å². The van der Waals surface area contributed by atoms with Gasteiger partial charge < -0.3 is 2.85 Å². The second-order valence-electron chi connectivity index (χ2n) is 0.448. The van der Waals surface area contributed by atoms with Crippen LogP contribution in [0, 0.1) is 0 Å². The van der Waals surface area contributed by atoms with Crippen molar-refractivity contribution in [3.63, 3.8) is 0 Å². The third kappa shape index (κ3) is 71.0. The molecule has 0 rings (SSSR count). The van der Waals surface area contributed by atoms with E-state index < -0.39 is 10.4 Å². The van der Waals surface area contributed by atoms with E-state index in [0.717, 1.165) is 0 Å². The molecule has 0 amide bonds. The van der Waals surface area contributed by atoms with Crippen LogP contribution < -0.4 is 0 Å². The minimum absolute atomic E-state index is 0. The smallest absolute Gasteiger partial charge is 1.00 e. The number of hydrogen-bond acceptors (Lipinski definition) is 2. The molecule has 0 saturated heterocycles. The molecule has 7 heavy (non-hydrogen) atoms. The molecule has 0 aliphatic rings. The summed E-state index contributed by atoms with van der Waals surface area (Å²) in [4.78, 5) is 0. The molecular formula is H4BaO4SV. The van der Waals surface area contributed by atoms with Gasteiger partial charge in [0.25, 0.3) is 0 Å². The molecule has 0 unspecified atom stereocenters. The van der Waals surface area contributed by atoms with Gasteiger partial charge in [0.05, 0.1) is 0 Å². The first-order valence-electron chi connectivity index (χ1n) is 0.698. The zero-order valence-corrected chi connectivity index (χ0v) is 9.93. The van der Waals surface area contributed by atoms with Gasteiger partial charge in [-0.05, 0) is 0 Å². The van der Waals surface area contributed by atoms with E-state index in [-0.39, 0.29) is 70.3 Å². The Labute approximate surface area is 96.6 Å². The zero-order chi connectivity index (χ0) is 4.50. The summed E-state index contributed by atoms with van der Waals surface area (Å²) in [6.07, 6.45) is 0. The van der Waals surface area contributed by atoms with Gasteiger partial charge in [-0.3, -0.25) is 9.11 Å². The Morgan fingerprint density at radius 2 is 1.29 bits per heavy atom. The summed E-state index contributed by atoms with van der Waals surface area (Å²) in [5, 5.41) is 0. The fourth-order valence-corrected chi connectivity index (χ4v) is 0. The largest absolute Gasteiger partial charge is 2.00 e. The molecule has 0 aromatic rings. The Hall–Kier alpha value is 2.03. The summed E-state index contributed by atoms with van der Waals surface area (Å²) < 4.78 is 31.6. The first kappa shape index (κ1) is 16.0. The predicted octanol–water partition coefficient (Wildman–Crippen LogP) is -0.811. The summed E-state index contributed by atoms with van der Waals surface area (Å²) >= 11 is 0. The van der Waals surface area contributed by atoms with Crippen LogP contribution in [0.2, 0.25) is 0 Å². The van der Waals surface area contributed by atoms with Gasteiger partial charge in [0.2, 0.25) is 0 Å². The van der Waals surface area contributed by atoms with Crippen molar-refractivity contribution in [1.29, 1.82) is 0 Å². The molecule has 0 bridgehead atoms. The first-order valence-corrected chi connectivity index (χ1v) is 2.10. The molecule has 0 fully saturated rings. The molecule has 0 heterocycles. The van der Waals surface area contributed by atoms with Crippen LogP contribution in [0.4, 0.5) is 0 Å². The third-order valence-corrected chi connectivity index (χ3v) is 0. The van der Waals surface area contributed by atoms with E-state index in [4.69, 9.17) is 17.5 Å². The number of rotatable bonds is 0. The van der Waals surface area contributed by atoms with Crippen molar-refractivity contribution in [2.45, 2.75) is 0 Å². The van der Waals surface area contributed by atoms with E-state index in [1.54, 1.807) is 0 Å². The average molecular weight is 288 g/mol.